The molecule has 0 aliphatic carbocycles. The largest absolute Gasteiger partial charge is 0.496 e. The summed E-state index contributed by atoms with van der Waals surface area (Å²) in [5.74, 6) is 1.65. The highest BCUT2D eigenvalue weighted by Crippen LogP contribution is 2.17. The third-order valence-electron chi connectivity index (χ3n) is 4.63. The Labute approximate surface area is 178 Å². The molecular weight excluding hydrogens is 378 g/mol. The van der Waals surface area contributed by atoms with Crippen LogP contribution in [0.4, 0.5) is 0 Å². The molecule has 3 aromatic rings. The number of nitrogens with zero attached hydrogens (tertiary/aromatic N) is 4. The number of hydrogen-bond acceptors (Lipinski definition) is 4. The van der Waals surface area contributed by atoms with E-state index in [9.17, 15) is 0 Å². The molecule has 0 fully saturated rings. The van der Waals surface area contributed by atoms with Gasteiger partial charge in [-0.1, -0.05) is 36.4 Å². The molecule has 1 N–H and O–H groups in total. The normalized spacial score (nSPS) is 11.4. The summed E-state index contributed by atoms with van der Waals surface area (Å²) >= 11 is 0. The molecule has 0 spiro atoms. The Kier molecular flexibility index (Phi) is 7.86. The maximum Gasteiger partial charge on any atom is 0.193 e. The third-order valence-corrected chi connectivity index (χ3v) is 4.63. The molecule has 0 saturated carbocycles. The summed E-state index contributed by atoms with van der Waals surface area (Å²) in [6, 6.07) is 18.0. The second kappa shape index (κ2) is 11.0. The van der Waals surface area contributed by atoms with Gasteiger partial charge in [-0.2, -0.15) is 5.10 Å². The number of benzene rings is 2. The van der Waals surface area contributed by atoms with E-state index in [0.717, 1.165) is 28.5 Å². The Morgan fingerprint density at radius 3 is 2.67 bits per heavy atom. The van der Waals surface area contributed by atoms with Crippen LogP contribution in [-0.2, 0) is 17.9 Å². The molecule has 30 heavy (non-hydrogen) atoms. The van der Waals surface area contributed by atoms with Crippen molar-refractivity contribution < 1.29 is 9.47 Å². The lowest BCUT2D eigenvalue weighted by molar-refractivity contribution is 0.123. The first-order valence-corrected chi connectivity index (χ1v) is 9.91. The van der Waals surface area contributed by atoms with Crippen LogP contribution in [0.5, 0.6) is 5.75 Å². The van der Waals surface area contributed by atoms with E-state index >= 15 is 0 Å². The molecule has 0 radical (unpaired) electrons. The molecule has 0 bridgehead atoms. The van der Waals surface area contributed by atoms with E-state index in [1.54, 1.807) is 14.2 Å². The van der Waals surface area contributed by atoms with Crippen LogP contribution < -0.4 is 10.1 Å². The number of guanidine groups is 1. The summed E-state index contributed by atoms with van der Waals surface area (Å²) in [5.41, 5.74) is 3.19. The smallest absolute Gasteiger partial charge is 0.193 e. The van der Waals surface area contributed by atoms with Crippen LogP contribution in [-0.4, -0.2) is 55.0 Å². The van der Waals surface area contributed by atoms with Crippen LogP contribution in [0.3, 0.4) is 0 Å². The van der Waals surface area contributed by atoms with Crippen molar-refractivity contribution in [1.29, 1.82) is 0 Å². The monoisotopic (exact) mass is 407 g/mol. The van der Waals surface area contributed by atoms with Crippen molar-refractivity contribution in [2.75, 3.05) is 34.4 Å². The van der Waals surface area contributed by atoms with Gasteiger partial charge in [-0.15, -0.1) is 0 Å². The standard InChI is InChI=1S/C23H29N5O2/c1-24-23(25-13-14-30-18-20-9-7-8-12-22(20)29-3)27(2)16-19-15-26-28(17-19)21-10-5-4-6-11-21/h4-12,15,17H,13-14,16,18H2,1-3H3,(H,24,25). The highest BCUT2D eigenvalue weighted by molar-refractivity contribution is 5.79. The SMILES string of the molecule is CN=C(NCCOCc1ccccc1OC)N(C)Cc1cnn(-c2ccccc2)c1. The van der Waals surface area contributed by atoms with E-state index in [2.05, 4.69) is 20.3 Å². The number of rotatable bonds is 9. The van der Waals surface area contributed by atoms with Crippen molar-refractivity contribution in [3.8, 4) is 11.4 Å². The maximum absolute atomic E-state index is 5.78. The molecule has 158 valence electrons. The van der Waals surface area contributed by atoms with Crippen molar-refractivity contribution in [2.24, 2.45) is 4.99 Å². The molecule has 0 saturated heterocycles. The lowest BCUT2D eigenvalue weighted by atomic mass is 10.2. The number of methoxy groups -OCH3 is 1. The van der Waals surface area contributed by atoms with Crippen LogP contribution in [0.25, 0.3) is 5.69 Å². The predicted molar refractivity (Wildman–Crippen MR) is 119 cm³/mol. The molecule has 0 aliphatic rings. The van der Waals surface area contributed by atoms with Crippen LogP contribution in [0.2, 0.25) is 0 Å². The van der Waals surface area contributed by atoms with E-state index in [-0.39, 0.29) is 0 Å². The van der Waals surface area contributed by atoms with E-state index in [0.29, 0.717) is 26.3 Å². The Morgan fingerprint density at radius 1 is 1.13 bits per heavy atom. The minimum absolute atomic E-state index is 0.513. The lowest BCUT2D eigenvalue weighted by Crippen LogP contribution is -2.39. The van der Waals surface area contributed by atoms with Crippen molar-refractivity contribution in [3.63, 3.8) is 0 Å². The van der Waals surface area contributed by atoms with Crippen molar-refractivity contribution in [3.05, 3.63) is 78.1 Å². The second-order valence-corrected chi connectivity index (χ2v) is 6.82. The second-order valence-electron chi connectivity index (χ2n) is 6.82. The van der Waals surface area contributed by atoms with Gasteiger partial charge < -0.3 is 19.7 Å². The number of nitrogens with one attached hydrogen (secondary N) is 1. The van der Waals surface area contributed by atoms with Crippen LogP contribution in [0, 0.1) is 0 Å². The molecule has 1 aromatic heterocycles. The number of aliphatic imine (C=N–C) groups is 1. The fourth-order valence-electron chi connectivity index (χ4n) is 3.14. The zero-order valence-corrected chi connectivity index (χ0v) is 17.8. The molecule has 0 aliphatic heterocycles. The summed E-state index contributed by atoms with van der Waals surface area (Å²) in [7, 11) is 5.45. The molecular formula is C23H29N5O2. The van der Waals surface area contributed by atoms with Gasteiger partial charge in [-0.25, -0.2) is 4.68 Å². The predicted octanol–water partition coefficient (Wildman–Crippen LogP) is 3.10. The first-order valence-electron chi connectivity index (χ1n) is 9.91. The molecule has 7 heteroatoms. The molecule has 0 unspecified atom stereocenters. The summed E-state index contributed by atoms with van der Waals surface area (Å²) in [6.07, 6.45) is 3.92. The highest BCUT2D eigenvalue weighted by Gasteiger charge is 2.09. The Bertz CT molecular complexity index is 940. The zero-order chi connectivity index (χ0) is 21.2. The molecule has 0 amide bonds. The molecule has 0 atom stereocenters. The summed E-state index contributed by atoms with van der Waals surface area (Å²) in [5, 5.41) is 7.79. The van der Waals surface area contributed by atoms with E-state index in [1.165, 1.54) is 0 Å². The number of aromatic nitrogens is 2. The lowest BCUT2D eigenvalue weighted by Gasteiger charge is -2.21. The summed E-state index contributed by atoms with van der Waals surface area (Å²) in [4.78, 5) is 6.42. The van der Waals surface area contributed by atoms with E-state index < -0.39 is 0 Å². The molecule has 1 heterocycles. The van der Waals surface area contributed by atoms with Gasteiger partial charge in [0.25, 0.3) is 0 Å². The average Bonchev–Trinajstić information content (AvgIpc) is 3.25. The minimum atomic E-state index is 0.513. The Morgan fingerprint density at radius 2 is 1.90 bits per heavy atom. The first-order chi connectivity index (χ1) is 14.7. The molecule has 2 aromatic carbocycles. The van der Waals surface area contributed by atoms with Gasteiger partial charge in [-0.05, 0) is 18.2 Å². The van der Waals surface area contributed by atoms with Gasteiger partial charge in [-0.3, -0.25) is 4.99 Å². The topological polar surface area (TPSA) is 63.9 Å². The number of para-hydroxylation sites is 2. The fourth-order valence-corrected chi connectivity index (χ4v) is 3.14. The van der Waals surface area contributed by atoms with Gasteiger partial charge in [0.15, 0.2) is 5.96 Å². The summed E-state index contributed by atoms with van der Waals surface area (Å²) < 4.78 is 13.0. The van der Waals surface area contributed by atoms with Gasteiger partial charge in [0.2, 0.25) is 0 Å². The maximum atomic E-state index is 5.78. The molecule has 3 rings (SSSR count). The molecule has 7 nitrogen and oxygen atoms in total. The van der Waals surface area contributed by atoms with Gasteiger partial charge in [0.1, 0.15) is 5.75 Å². The van der Waals surface area contributed by atoms with Gasteiger partial charge in [0, 0.05) is 44.5 Å². The van der Waals surface area contributed by atoms with E-state index in [1.807, 2.05) is 78.7 Å². The van der Waals surface area contributed by atoms with Crippen LogP contribution in [0.15, 0.2) is 72.0 Å². The first kappa shape index (κ1) is 21.4. The van der Waals surface area contributed by atoms with E-state index in [4.69, 9.17) is 9.47 Å². The Balaban J connectivity index is 1.44. The quantitative estimate of drug-likeness (QED) is 0.335. The van der Waals surface area contributed by atoms with Crippen molar-refractivity contribution in [1.82, 2.24) is 20.0 Å². The Hall–Kier alpha value is -3.32. The van der Waals surface area contributed by atoms with Crippen molar-refractivity contribution in [2.45, 2.75) is 13.2 Å². The van der Waals surface area contributed by atoms with Crippen LogP contribution in [0.1, 0.15) is 11.1 Å². The average molecular weight is 408 g/mol. The van der Waals surface area contributed by atoms with Gasteiger partial charge >= 0.3 is 0 Å². The van der Waals surface area contributed by atoms with Crippen LogP contribution >= 0.6 is 0 Å². The third kappa shape index (κ3) is 5.84. The highest BCUT2D eigenvalue weighted by atomic mass is 16.5. The number of ether oxygens (including phenoxy) is 2. The number of hydrogen-bond donors (Lipinski definition) is 1. The summed E-state index contributed by atoms with van der Waals surface area (Å²) in [6.45, 7) is 2.44. The fraction of sp³-hybridized carbons (Fsp3) is 0.304. The minimum Gasteiger partial charge on any atom is -0.496 e. The zero-order valence-electron chi connectivity index (χ0n) is 17.8. The van der Waals surface area contributed by atoms with Gasteiger partial charge in [0.05, 0.1) is 32.2 Å². The van der Waals surface area contributed by atoms with Crippen molar-refractivity contribution >= 4 is 5.96 Å².